The zero-order chi connectivity index (χ0) is 10.8. The van der Waals surface area contributed by atoms with E-state index in [1.165, 1.54) is 25.7 Å². The first-order chi connectivity index (χ1) is 7.93. The molecular weight excluding hydrogens is 192 g/mol. The predicted octanol–water partition coefficient (Wildman–Crippen LogP) is 3.92. The Morgan fingerprint density at radius 1 is 0.750 bits per heavy atom. The summed E-state index contributed by atoms with van der Waals surface area (Å²) in [4.78, 5) is 0. The fourth-order valence-corrected chi connectivity index (χ4v) is 3.01. The molecule has 2 aliphatic rings. The van der Waals surface area contributed by atoms with Crippen molar-refractivity contribution < 1.29 is 0 Å². The highest BCUT2D eigenvalue weighted by Crippen LogP contribution is 2.31. The van der Waals surface area contributed by atoms with Crippen LogP contribution in [0.2, 0.25) is 0 Å². The van der Waals surface area contributed by atoms with Crippen molar-refractivity contribution in [3.63, 3.8) is 0 Å². The molecule has 0 heterocycles. The Hall–Kier alpha value is -1.30. The molecule has 2 aliphatic carbocycles. The van der Waals surface area contributed by atoms with Gasteiger partial charge in [0.25, 0.3) is 0 Å². The summed E-state index contributed by atoms with van der Waals surface area (Å²) in [6.45, 7) is 0. The number of allylic oxidation sites excluding steroid dienone is 4. The van der Waals surface area contributed by atoms with Crippen LogP contribution in [0.25, 0.3) is 0 Å². The zero-order valence-electron chi connectivity index (χ0n) is 9.60. The van der Waals surface area contributed by atoms with E-state index in [0.29, 0.717) is 0 Å². The van der Waals surface area contributed by atoms with E-state index in [2.05, 4.69) is 48.6 Å². The number of aryl methyl sites for hydroxylation is 2. The topological polar surface area (TPSA) is 0 Å². The number of rotatable bonds is 0. The Balaban J connectivity index is 1.87. The van der Waals surface area contributed by atoms with Crippen molar-refractivity contribution in [1.82, 2.24) is 0 Å². The first-order valence-corrected chi connectivity index (χ1v) is 6.35. The van der Waals surface area contributed by atoms with Crippen molar-refractivity contribution in [3.05, 3.63) is 59.7 Å². The van der Waals surface area contributed by atoms with Crippen molar-refractivity contribution in [3.8, 4) is 0 Å². The number of hydrogen-bond donors (Lipinski definition) is 0. The quantitative estimate of drug-likeness (QED) is 0.608. The lowest BCUT2D eigenvalue weighted by atomic mass is 9.78. The summed E-state index contributed by atoms with van der Waals surface area (Å²) in [7, 11) is 0. The molecule has 16 heavy (non-hydrogen) atoms. The molecule has 0 N–H and O–H groups in total. The largest absolute Gasteiger partial charge is 0.0808 e. The molecule has 0 aromatic heterocycles. The Bertz CT molecular complexity index is 384. The Labute approximate surface area is 97.7 Å². The molecular formula is C16H18. The van der Waals surface area contributed by atoms with Crippen LogP contribution in [0.3, 0.4) is 0 Å². The SMILES string of the molecule is C1=CC2CCc3ccccc3CCC2C=C1. The van der Waals surface area contributed by atoms with Crippen LogP contribution in [-0.2, 0) is 12.8 Å². The lowest BCUT2D eigenvalue weighted by molar-refractivity contribution is 0.406. The van der Waals surface area contributed by atoms with Gasteiger partial charge in [-0.25, -0.2) is 0 Å². The van der Waals surface area contributed by atoms with Gasteiger partial charge >= 0.3 is 0 Å². The third-order valence-electron chi connectivity index (χ3n) is 3.99. The summed E-state index contributed by atoms with van der Waals surface area (Å²) >= 11 is 0. The fraction of sp³-hybridized carbons (Fsp3) is 0.375. The molecule has 0 spiro atoms. The second-order valence-corrected chi connectivity index (χ2v) is 4.94. The van der Waals surface area contributed by atoms with Gasteiger partial charge in [-0.2, -0.15) is 0 Å². The molecule has 0 nitrogen and oxygen atoms in total. The molecule has 0 bridgehead atoms. The number of benzene rings is 1. The van der Waals surface area contributed by atoms with Gasteiger partial charge < -0.3 is 0 Å². The van der Waals surface area contributed by atoms with Crippen molar-refractivity contribution >= 4 is 0 Å². The van der Waals surface area contributed by atoms with Gasteiger partial charge in [0, 0.05) is 0 Å². The summed E-state index contributed by atoms with van der Waals surface area (Å²) in [6, 6.07) is 8.96. The smallest absolute Gasteiger partial charge is 0.0164 e. The first kappa shape index (κ1) is 9.89. The molecule has 82 valence electrons. The van der Waals surface area contributed by atoms with E-state index in [-0.39, 0.29) is 0 Å². The maximum absolute atomic E-state index is 2.40. The highest BCUT2D eigenvalue weighted by Gasteiger charge is 2.21. The van der Waals surface area contributed by atoms with Crippen LogP contribution >= 0.6 is 0 Å². The van der Waals surface area contributed by atoms with Crippen molar-refractivity contribution in [2.45, 2.75) is 25.7 Å². The van der Waals surface area contributed by atoms with E-state index >= 15 is 0 Å². The average Bonchev–Trinajstić information content (AvgIpc) is 2.32. The van der Waals surface area contributed by atoms with Gasteiger partial charge in [-0.05, 0) is 48.6 Å². The lowest BCUT2D eigenvalue weighted by Gasteiger charge is -2.27. The highest BCUT2D eigenvalue weighted by atomic mass is 14.3. The predicted molar refractivity (Wildman–Crippen MR) is 68.3 cm³/mol. The summed E-state index contributed by atoms with van der Waals surface area (Å²) in [5.74, 6) is 1.55. The third kappa shape index (κ3) is 1.84. The molecule has 0 amide bonds. The van der Waals surface area contributed by atoms with Crippen molar-refractivity contribution in [2.75, 3.05) is 0 Å². The summed E-state index contributed by atoms with van der Waals surface area (Å²) < 4.78 is 0. The number of hydrogen-bond acceptors (Lipinski definition) is 0. The van der Waals surface area contributed by atoms with Crippen LogP contribution in [-0.4, -0.2) is 0 Å². The summed E-state index contributed by atoms with van der Waals surface area (Å²) in [5, 5.41) is 0. The van der Waals surface area contributed by atoms with E-state index < -0.39 is 0 Å². The molecule has 0 radical (unpaired) electrons. The average molecular weight is 210 g/mol. The monoisotopic (exact) mass is 210 g/mol. The summed E-state index contributed by atoms with van der Waals surface area (Å²) in [6.07, 6.45) is 14.3. The Kier molecular flexibility index (Phi) is 2.65. The molecule has 3 rings (SSSR count). The minimum atomic E-state index is 0.776. The van der Waals surface area contributed by atoms with Crippen molar-refractivity contribution in [2.24, 2.45) is 11.8 Å². The van der Waals surface area contributed by atoms with Gasteiger partial charge in [0.05, 0.1) is 0 Å². The van der Waals surface area contributed by atoms with E-state index in [4.69, 9.17) is 0 Å². The van der Waals surface area contributed by atoms with Crippen LogP contribution in [0.15, 0.2) is 48.6 Å². The maximum Gasteiger partial charge on any atom is -0.0164 e. The number of fused-ring (bicyclic) bond motifs is 2. The van der Waals surface area contributed by atoms with E-state index in [9.17, 15) is 0 Å². The van der Waals surface area contributed by atoms with E-state index in [1.54, 1.807) is 11.1 Å². The fourth-order valence-electron chi connectivity index (χ4n) is 3.01. The van der Waals surface area contributed by atoms with Crippen LogP contribution in [0.1, 0.15) is 24.0 Å². The minimum Gasteiger partial charge on any atom is -0.0808 e. The van der Waals surface area contributed by atoms with Gasteiger partial charge in [-0.1, -0.05) is 48.6 Å². The maximum atomic E-state index is 2.40. The van der Waals surface area contributed by atoms with Crippen LogP contribution < -0.4 is 0 Å². The molecule has 0 fully saturated rings. The third-order valence-corrected chi connectivity index (χ3v) is 3.99. The van der Waals surface area contributed by atoms with Crippen LogP contribution in [0, 0.1) is 11.8 Å². The standard InChI is InChI=1S/C16H18/c1-2-6-14-11-12-16-8-4-3-7-15(16)10-9-13(14)5-1/h1-8,13-14H,9-12H2. The molecule has 1 aromatic rings. The van der Waals surface area contributed by atoms with Gasteiger partial charge in [0.15, 0.2) is 0 Å². The Morgan fingerprint density at radius 3 is 1.75 bits per heavy atom. The molecule has 0 saturated heterocycles. The second kappa shape index (κ2) is 4.29. The zero-order valence-corrected chi connectivity index (χ0v) is 9.60. The minimum absolute atomic E-state index is 0.776. The van der Waals surface area contributed by atoms with E-state index in [1.807, 2.05) is 0 Å². The van der Waals surface area contributed by atoms with Gasteiger partial charge in [0.2, 0.25) is 0 Å². The van der Waals surface area contributed by atoms with Crippen LogP contribution in [0.4, 0.5) is 0 Å². The molecule has 2 unspecified atom stereocenters. The second-order valence-electron chi connectivity index (χ2n) is 4.94. The molecule has 0 saturated carbocycles. The van der Waals surface area contributed by atoms with Gasteiger partial charge in [-0.15, -0.1) is 0 Å². The lowest BCUT2D eigenvalue weighted by Crippen LogP contribution is -2.17. The summed E-state index contributed by atoms with van der Waals surface area (Å²) in [5.41, 5.74) is 3.15. The van der Waals surface area contributed by atoms with Crippen LogP contribution in [0.5, 0.6) is 0 Å². The molecule has 0 aliphatic heterocycles. The molecule has 1 aromatic carbocycles. The van der Waals surface area contributed by atoms with E-state index in [0.717, 1.165) is 11.8 Å². The normalized spacial score (nSPS) is 27.8. The molecule has 2 atom stereocenters. The van der Waals surface area contributed by atoms with Crippen molar-refractivity contribution in [1.29, 1.82) is 0 Å². The highest BCUT2D eigenvalue weighted by molar-refractivity contribution is 5.29. The molecule has 0 heteroatoms. The van der Waals surface area contributed by atoms with Gasteiger partial charge in [0.1, 0.15) is 0 Å². The van der Waals surface area contributed by atoms with Gasteiger partial charge in [-0.3, -0.25) is 0 Å². The first-order valence-electron chi connectivity index (χ1n) is 6.35. The Morgan fingerprint density at radius 2 is 1.25 bits per heavy atom.